The number of hydrogen-bond acceptors (Lipinski definition) is 8. The lowest BCUT2D eigenvalue weighted by Gasteiger charge is -2.32. The number of aromatic hydroxyl groups is 1. The van der Waals surface area contributed by atoms with Crippen LogP contribution in [-0.4, -0.2) is 92.3 Å². The summed E-state index contributed by atoms with van der Waals surface area (Å²) in [5.41, 5.74) is 4.47. The Morgan fingerprint density at radius 3 is 2.40 bits per heavy atom. The highest BCUT2D eigenvalue weighted by Crippen LogP contribution is 2.28. The van der Waals surface area contributed by atoms with Crippen molar-refractivity contribution in [3.05, 3.63) is 114 Å². The minimum atomic E-state index is -0.461. The van der Waals surface area contributed by atoms with Gasteiger partial charge in [0.1, 0.15) is 6.10 Å². The number of carbonyl (C=O) groups excluding carboxylic acids is 3. The fraction of sp³-hybridized carbons (Fsp3) is 0.308. The lowest BCUT2D eigenvalue weighted by atomic mass is 10.0. The summed E-state index contributed by atoms with van der Waals surface area (Å²) >= 11 is 0. The maximum absolute atomic E-state index is 13.2. The average molecular weight is 680 g/mol. The number of likely N-dealkylation sites (N-methyl/N-ethyl adjacent to an activating group) is 1. The van der Waals surface area contributed by atoms with Crippen molar-refractivity contribution in [3.63, 3.8) is 0 Å². The molecule has 0 aromatic heterocycles. The Bertz CT molecular complexity index is 1740. The van der Waals surface area contributed by atoms with Gasteiger partial charge in [0.25, 0.3) is 11.8 Å². The highest BCUT2D eigenvalue weighted by atomic mass is 16.6. The number of phenols is 1. The number of nitrogens with one attached hydrogen (secondary N) is 3. The number of rotatable bonds is 14. The van der Waals surface area contributed by atoms with Gasteiger partial charge in [-0.15, -0.1) is 0 Å². The molecule has 1 fully saturated rings. The summed E-state index contributed by atoms with van der Waals surface area (Å²) in [6, 6.07) is 29.5. The van der Waals surface area contributed by atoms with Crippen LogP contribution >= 0.6 is 0 Å². The van der Waals surface area contributed by atoms with E-state index in [1.54, 1.807) is 54.4 Å². The summed E-state index contributed by atoms with van der Waals surface area (Å²) in [5.74, 6) is 0.0852. The smallest absolute Gasteiger partial charge is 0.411 e. The van der Waals surface area contributed by atoms with Crippen LogP contribution in [0.1, 0.15) is 39.1 Å². The van der Waals surface area contributed by atoms with Crippen LogP contribution in [0, 0.1) is 0 Å². The number of para-hydroxylation sites is 1. The van der Waals surface area contributed by atoms with E-state index in [2.05, 4.69) is 20.9 Å². The number of anilines is 1. The van der Waals surface area contributed by atoms with Crippen molar-refractivity contribution in [2.45, 2.75) is 25.5 Å². The van der Waals surface area contributed by atoms with Gasteiger partial charge in [0.05, 0.1) is 12.8 Å². The van der Waals surface area contributed by atoms with Crippen molar-refractivity contribution in [1.82, 2.24) is 20.4 Å². The third-order valence-electron chi connectivity index (χ3n) is 8.69. The van der Waals surface area contributed by atoms with Crippen LogP contribution in [0.25, 0.3) is 11.1 Å². The quantitative estimate of drug-likeness (QED) is 0.131. The Kier molecular flexibility index (Phi) is 12.8. The van der Waals surface area contributed by atoms with Crippen LogP contribution < -0.4 is 20.7 Å². The highest BCUT2D eigenvalue weighted by Gasteiger charge is 2.24. The molecule has 11 nitrogen and oxygen atoms in total. The van der Waals surface area contributed by atoms with Gasteiger partial charge < -0.3 is 35.0 Å². The van der Waals surface area contributed by atoms with E-state index >= 15 is 0 Å². The number of hydrogen-bond donors (Lipinski definition) is 4. The van der Waals surface area contributed by atoms with Crippen LogP contribution in [0.2, 0.25) is 0 Å². The first-order chi connectivity index (χ1) is 24.3. The molecule has 4 aromatic carbocycles. The maximum Gasteiger partial charge on any atom is 0.411 e. The van der Waals surface area contributed by atoms with Crippen molar-refractivity contribution >= 4 is 23.6 Å². The van der Waals surface area contributed by atoms with Gasteiger partial charge in [-0.2, -0.15) is 0 Å². The van der Waals surface area contributed by atoms with Gasteiger partial charge in [0, 0.05) is 69.6 Å². The second-order valence-electron chi connectivity index (χ2n) is 12.2. The molecule has 4 aromatic rings. The Morgan fingerprint density at radius 1 is 0.880 bits per heavy atom. The molecule has 1 aliphatic rings. The number of nitrogens with zero attached hydrogens (tertiary/aromatic N) is 2. The number of carbonyl (C=O) groups is 3. The molecule has 0 bridgehead atoms. The van der Waals surface area contributed by atoms with Gasteiger partial charge in [-0.1, -0.05) is 60.7 Å². The van der Waals surface area contributed by atoms with E-state index in [9.17, 15) is 19.5 Å². The fourth-order valence-electron chi connectivity index (χ4n) is 5.84. The van der Waals surface area contributed by atoms with E-state index in [0.29, 0.717) is 68.1 Å². The molecule has 0 saturated carbocycles. The summed E-state index contributed by atoms with van der Waals surface area (Å²) in [6.45, 7) is 4.22. The van der Waals surface area contributed by atoms with E-state index in [1.165, 1.54) is 7.11 Å². The SMILES string of the molecule is COc1cc(CNCCNC(=O)c2cccc(C(=O)N(C)CCN3CCC(OC(=O)Nc4ccccc4-c4ccccc4)CC3)c2)ccc1O. The summed E-state index contributed by atoms with van der Waals surface area (Å²) < 4.78 is 10.9. The van der Waals surface area contributed by atoms with Crippen LogP contribution in [0.5, 0.6) is 11.5 Å². The lowest BCUT2D eigenvalue weighted by molar-refractivity contribution is 0.0540. The van der Waals surface area contributed by atoms with Crippen molar-refractivity contribution in [1.29, 1.82) is 0 Å². The molecule has 1 aliphatic heterocycles. The molecule has 50 heavy (non-hydrogen) atoms. The van der Waals surface area contributed by atoms with Crippen molar-refractivity contribution in [3.8, 4) is 22.6 Å². The molecule has 3 amide bonds. The number of phenolic OH excluding ortho intramolecular Hbond substituents is 1. The predicted molar refractivity (Wildman–Crippen MR) is 194 cm³/mol. The minimum absolute atomic E-state index is 0.0861. The normalized spacial score (nSPS) is 13.3. The standard InChI is InChI=1S/C39H45N5O6/c1-43(38(47)31-12-8-11-30(26-31)37(46)41-20-19-40-27-28-15-16-35(45)36(25-28)49-2)23-24-44-21-17-32(18-22-44)50-39(48)42-34-14-7-6-13-33(34)29-9-4-3-5-10-29/h3-16,25-26,32,40,45H,17-24,27H2,1-2H3,(H,41,46)(H,42,48). The van der Waals surface area contributed by atoms with Gasteiger partial charge in [-0.25, -0.2) is 4.79 Å². The zero-order valence-electron chi connectivity index (χ0n) is 28.6. The third-order valence-corrected chi connectivity index (χ3v) is 8.69. The summed E-state index contributed by atoms with van der Waals surface area (Å²) in [7, 11) is 3.26. The Balaban J connectivity index is 1.00. The van der Waals surface area contributed by atoms with E-state index in [4.69, 9.17) is 9.47 Å². The molecule has 1 heterocycles. The van der Waals surface area contributed by atoms with Gasteiger partial charge in [0.2, 0.25) is 0 Å². The molecule has 1 saturated heterocycles. The molecule has 0 spiro atoms. The highest BCUT2D eigenvalue weighted by molar-refractivity contribution is 5.99. The maximum atomic E-state index is 13.2. The minimum Gasteiger partial charge on any atom is -0.504 e. The van der Waals surface area contributed by atoms with Crippen molar-refractivity contribution in [2.24, 2.45) is 0 Å². The molecule has 0 aliphatic carbocycles. The number of ether oxygens (including phenoxy) is 2. The largest absolute Gasteiger partial charge is 0.504 e. The van der Waals surface area contributed by atoms with Crippen molar-refractivity contribution < 1.29 is 29.0 Å². The molecule has 0 radical (unpaired) electrons. The first-order valence-electron chi connectivity index (χ1n) is 16.9. The van der Waals surface area contributed by atoms with Crippen LogP contribution in [-0.2, 0) is 11.3 Å². The van der Waals surface area contributed by atoms with Crippen molar-refractivity contribution in [2.75, 3.05) is 58.7 Å². The second kappa shape index (κ2) is 17.8. The van der Waals surface area contributed by atoms with Gasteiger partial charge in [-0.3, -0.25) is 14.9 Å². The molecular weight excluding hydrogens is 634 g/mol. The molecule has 4 N–H and O–H groups in total. The monoisotopic (exact) mass is 679 g/mol. The first kappa shape index (κ1) is 35.9. The summed E-state index contributed by atoms with van der Waals surface area (Å²) in [6.07, 6.45) is 0.784. The van der Waals surface area contributed by atoms with Crippen LogP contribution in [0.3, 0.4) is 0 Å². The summed E-state index contributed by atoms with van der Waals surface area (Å²) in [5, 5.41) is 18.8. The zero-order chi connectivity index (χ0) is 35.3. The molecule has 5 rings (SSSR count). The van der Waals surface area contributed by atoms with E-state index in [1.807, 2.05) is 54.6 Å². The Labute approximate surface area is 293 Å². The van der Waals surface area contributed by atoms with E-state index < -0.39 is 6.09 Å². The predicted octanol–water partition coefficient (Wildman–Crippen LogP) is 5.37. The lowest BCUT2D eigenvalue weighted by Crippen LogP contribution is -2.42. The molecule has 11 heteroatoms. The Hall–Kier alpha value is -5.39. The van der Waals surface area contributed by atoms with Crippen LogP contribution in [0.4, 0.5) is 10.5 Å². The zero-order valence-corrected chi connectivity index (χ0v) is 28.6. The third kappa shape index (κ3) is 10.1. The molecular formula is C39H45N5O6. The average Bonchev–Trinajstić information content (AvgIpc) is 3.15. The van der Waals surface area contributed by atoms with E-state index in [-0.39, 0.29) is 23.7 Å². The molecule has 0 atom stereocenters. The van der Waals surface area contributed by atoms with Gasteiger partial charge in [0.15, 0.2) is 11.5 Å². The number of likely N-dealkylation sites (tertiary alicyclic amines) is 1. The van der Waals surface area contributed by atoms with Crippen LogP contribution in [0.15, 0.2) is 97.1 Å². The summed E-state index contributed by atoms with van der Waals surface area (Å²) in [4.78, 5) is 42.7. The first-order valence-corrected chi connectivity index (χ1v) is 16.9. The fourth-order valence-corrected chi connectivity index (χ4v) is 5.84. The van der Waals surface area contributed by atoms with Gasteiger partial charge in [-0.05, 0) is 60.4 Å². The van der Waals surface area contributed by atoms with E-state index in [0.717, 1.165) is 29.8 Å². The van der Waals surface area contributed by atoms with Gasteiger partial charge >= 0.3 is 6.09 Å². The topological polar surface area (TPSA) is 132 Å². The number of methoxy groups -OCH3 is 1. The number of amides is 3. The molecule has 0 unspecified atom stereocenters. The number of benzene rings is 4. The number of piperidine rings is 1. The molecule has 262 valence electrons. The second-order valence-corrected chi connectivity index (χ2v) is 12.2. The Morgan fingerprint density at radius 2 is 1.62 bits per heavy atom.